The van der Waals surface area contributed by atoms with Gasteiger partial charge in [0.15, 0.2) is 0 Å². The van der Waals surface area contributed by atoms with Gasteiger partial charge in [-0.3, -0.25) is 4.79 Å². The minimum atomic E-state index is -4.15. The van der Waals surface area contributed by atoms with Crippen LogP contribution in [0.2, 0.25) is 0 Å². The number of hydrogen-bond acceptors (Lipinski definition) is 3. The molecule has 0 bridgehead atoms. The fourth-order valence-corrected chi connectivity index (χ4v) is 2.00. The van der Waals surface area contributed by atoms with Crippen molar-refractivity contribution in [2.75, 3.05) is 25.0 Å². The number of nitrogens with one attached hydrogen (secondary N) is 2. The first kappa shape index (κ1) is 15.8. The number of aryl methyl sites for hydroxylation is 1. The third kappa shape index (κ3) is 5.35. The van der Waals surface area contributed by atoms with Crippen molar-refractivity contribution >= 4 is 11.6 Å². The number of halogens is 3. The van der Waals surface area contributed by atoms with Crippen molar-refractivity contribution in [1.29, 1.82) is 0 Å². The molecule has 1 unspecified atom stereocenters. The van der Waals surface area contributed by atoms with Crippen molar-refractivity contribution in [2.45, 2.75) is 25.1 Å². The van der Waals surface area contributed by atoms with Gasteiger partial charge in [0.2, 0.25) is 0 Å². The first-order chi connectivity index (χ1) is 9.94. The van der Waals surface area contributed by atoms with E-state index in [1.807, 2.05) is 0 Å². The van der Waals surface area contributed by atoms with Crippen LogP contribution in [0, 0.1) is 0 Å². The molecule has 0 aliphatic carbocycles. The summed E-state index contributed by atoms with van der Waals surface area (Å²) >= 11 is 0. The van der Waals surface area contributed by atoms with Crippen molar-refractivity contribution in [1.82, 2.24) is 5.32 Å². The molecule has 0 aromatic heterocycles. The van der Waals surface area contributed by atoms with Crippen molar-refractivity contribution in [2.24, 2.45) is 0 Å². The number of amides is 1. The number of carbonyl (C=O) groups excluding carboxylic acids is 1. The highest BCUT2D eigenvalue weighted by Gasteiger charge is 2.26. The molecule has 0 radical (unpaired) electrons. The fraction of sp³-hybridized carbons (Fsp3) is 0.500. The van der Waals surface area contributed by atoms with E-state index < -0.39 is 18.7 Å². The van der Waals surface area contributed by atoms with Gasteiger partial charge in [-0.2, -0.15) is 13.2 Å². The Morgan fingerprint density at radius 1 is 1.33 bits per heavy atom. The zero-order chi connectivity index (χ0) is 15.3. The second-order valence-corrected chi connectivity index (χ2v) is 4.86. The van der Waals surface area contributed by atoms with E-state index in [1.165, 1.54) is 0 Å². The van der Waals surface area contributed by atoms with E-state index in [-0.39, 0.29) is 12.3 Å². The van der Waals surface area contributed by atoms with Gasteiger partial charge >= 0.3 is 6.18 Å². The SMILES string of the molecule is O=C(Nc1ccc(CCC(F)(F)F)cc1)C1CNCCO1. The largest absolute Gasteiger partial charge is 0.389 e. The lowest BCUT2D eigenvalue weighted by Gasteiger charge is -2.22. The van der Waals surface area contributed by atoms with Crippen molar-refractivity contribution in [3.63, 3.8) is 0 Å². The molecule has 4 nitrogen and oxygen atoms in total. The Morgan fingerprint density at radius 3 is 2.62 bits per heavy atom. The summed E-state index contributed by atoms with van der Waals surface area (Å²) in [6, 6.07) is 6.36. The van der Waals surface area contributed by atoms with E-state index in [2.05, 4.69) is 10.6 Å². The Bertz CT molecular complexity index is 468. The van der Waals surface area contributed by atoms with E-state index in [0.717, 1.165) is 6.54 Å². The lowest BCUT2D eigenvalue weighted by Crippen LogP contribution is -2.45. The summed E-state index contributed by atoms with van der Waals surface area (Å²) in [6.07, 6.45) is -5.60. The maximum absolute atomic E-state index is 12.1. The van der Waals surface area contributed by atoms with Crippen LogP contribution in [0.1, 0.15) is 12.0 Å². The number of ether oxygens (including phenoxy) is 1. The molecule has 2 rings (SSSR count). The van der Waals surface area contributed by atoms with Gasteiger partial charge in [0.05, 0.1) is 6.61 Å². The molecule has 7 heteroatoms. The molecule has 1 aliphatic rings. The van der Waals surface area contributed by atoms with Gasteiger partial charge in [0.1, 0.15) is 6.10 Å². The summed E-state index contributed by atoms with van der Waals surface area (Å²) in [5.74, 6) is -0.259. The van der Waals surface area contributed by atoms with Crippen LogP contribution in [0.5, 0.6) is 0 Å². The van der Waals surface area contributed by atoms with Crippen LogP contribution in [-0.2, 0) is 16.0 Å². The standard InChI is InChI=1S/C14H17F3N2O2/c15-14(16,17)6-5-10-1-3-11(4-2-10)19-13(20)12-9-18-7-8-21-12/h1-4,12,18H,5-9H2,(H,19,20). The van der Waals surface area contributed by atoms with Crippen LogP contribution in [0.4, 0.5) is 18.9 Å². The van der Waals surface area contributed by atoms with Crippen LogP contribution < -0.4 is 10.6 Å². The normalized spacial score (nSPS) is 19.3. The van der Waals surface area contributed by atoms with Gasteiger partial charge in [-0.25, -0.2) is 0 Å². The zero-order valence-corrected chi connectivity index (χ0v) is 11.4. The van der Waals surface area contributed by atoms with Crippen molar-refractivity contribution < 1.29 is 22.7 Å². The number of hydrogen-bond donors (Lipinski definition) is 2. The van der Waals surface area contributed by atoms with Crippen LogP contribution in [0.15, 0.2) is 24.3 Å². The quantitative estimate of drug-likeness (QED) is 0.895. The molecule has 21 heavy (non-hydrogen) atoms. The molecule has 2 N–H and O–H groups in total. The molecular formula is C14H17F3N2O2. The predicted octanol–water partition coefficient (Wildman–Crippen LogP) is 2.11. The van der Waals surface area contributed by atoms with Gasteiger partial charge < -0.3 is 15.4 Å². The second kappa shape index (κ2) is 6.91. The maximum atomic E-state index is 12.1. The first-order valence-corrected chi connectivity index (χ1v) is 6.73. The highest BCUT2D eigenvalue weighted by atomic mass is 19.4. The predicted molar refractivity (Wildman–Crippen MR) is 72.1 cm³/mol. The van der Waals surface area contributed by atoms with Crippen LogP contribution in [0.25, 0.3) is 0 Å². The summed E-state index contributed by atoms with van der Waals surface area (Å²) in [5, 5.41) is 5.73. The molecule has 1 aromatic rings. The Hall–Kier alpha value is -1.60. The Labute approximate surface area is 120 Å². The molecule has 1 aliphatic heterocycles. The number of rotatable bonds is 4. The van der Waals surface area contributed by atoms with Crippen LogP contribution >= 0.6 is 0 Å². The molecule has 0 spiro atoms. The number of carbonyl (C=O) groups is 1. The lowest BCUT2D eigenvalue weighted by molar-refractivity contribution is -0.134. The minimum absolute atomic E-state index is 0.0621. The molecule has 1 saturated heterocycles. The monoisotopic (exact) mass is 302 g/mol. The van der Waals surface area contributed by atoms with Crippen molar-refractivity contribution in [3.8, 4) is 0 Å². The Balaban J connectivity index is 1.85. The van der Waals surface area contributed by atoms with Gasteiger partial charge in [-0.15, -0.1) is 0 Å². The molecule has 1 aromatic carbocycles. The van der Waals surface area contributed by atoms with Gasteiger partial charge in [0.25, 0.3) is 5.91 Å². The summed E-state index contributed by atoms with van der Waals surface area (Å²) in [7, 11) is 0. The minimum Gasteiger partial charge on any atom is -0.366 e. The topological polar surface area (TPSA) is 50.4 Å². The van der Waals surface area contributed by atoms with Gasteiger partial charge in [-0.05, 0) is 24.1 Å². The number of alkyl halides is 3. The van der Waals surface area contributed by atoms with E-state index >= 15 is 0 Å². The van der Waals surface area contributed by atoms with E-state index in [4.69, 9.17) is 4.74 Å². The van der Waals surface area contributed by atoms with E-state index in [0.29, 0.717) is 24.4 Å². The fourth-order valence-electron chi connectivity index (χ4n) is 2.00. The lowest BCUT2D eigenvalue weighted by atomic mass is 10.1. The molecule has 116 valence electrons. The van der Waals surface area contributed by atoms with Crippen LogP contribution in [0.3, 0.4) is 0 Å². The third-order valence-corrected chi connectivity index (χ3v) is 3.14. The smallest absolute Gasteiger partial charge is 0.366 e. The maximum Gasteiger partial charge on any atom is 0.389 e. The summed E-state index contributed by atoms with van der Waals surface area (Å²) < 4.78 is 41.7. The highest BCUT2D eigenvalue weighted by Crippen LogP contribution is 2.22. The third-order valence-electron chi connectivity index (χ3n) is 3.14. The average molecular weight is 302 g/mol. The van der Waals surface area contributed by atoms with Gasteiger partial charge in [0, 0.05) is 25.2 Å². The number of anilines is 1. The molecule has 1 fully saturated rings. The van der Waals surface area contributed by atoms with Crippen molar-refractivity contribution in [3.05, 3.63) is 29.8 Å². The molecule has 0 saturated carbocycles. The molecule has 1 amide bonds. The zero-order valence-electron chi connectivity index (χ0n) is 11.4. The summed E-state index contributed by atoms with van der Waals surface area (Å²) in [5.41, 5.74) is 1.13. The average Bonchev–Trinajstić information content (AvgIpc) is 2.46. The van der Waals surface area contributed by atoms with Gasteiger partial charge in [-0.1, -0.05) is 12.1 Å². The van der Waals surface area contributed by atoms with Crippen LogP contribution in [-0.4, -0.2) is 37.9 Å². The molecule has 1 heterocycles. The number of benzene rings is 1. The Morgan fingerprint density at radius 2 is 2.05 bits per heavy atom. The second-order valence-electron chi connectivity index (χ2n) is 4.86. The van der Waals surface area contributed by atoms with E-state index in [1.54, 1.807) is 24.3 Å². The van der Waals surface area contributed by atoms with E-state index in [9.17, 15) is 18.0 Å². The number of morpholine rings is 1. The highest BCUT2D eigenvalue weighted by molar-refractivity contribution is 5.94. The summed E-state index contributed by atoms with van der Waals surface area (Å²) in [4.78, 5) is 11.9. The Kier molecular flexibility index (Phi) is 5.19. The molecular weight excluding hydrogens is 285 g/mol. The summed E-state index contributed by atoms with van der Waals surface area (Å²) in [6.45, 7) is 1.65. The first-order valence-electron chi connectivity index (χ1n) is 6.73. The molecule has 1 atom stereocenters.